The van der Waals surface area contributed by atoms with Gasteiger partial charge in [-0.05, 0) is 85.9 Å². The zero-order valence-electron chi connectivity index (χ0n) is 39.7. The van der Waals surface area contributed by atoms with Crippen LogP contribution < -0.4 is 29.3 Å². The third kappa shape index (κ3) is 8.71. The van der Waals surface area contributed by atoms with Crippen molar-refractivity contribution in [1.82, 2.24) is 24.5 Å². The van der Waals surface area contributed by atoms with Crippen LogP contribution in [0.1, 0.15) is 59.6 Å². The monoisotopic (exact) mass is 989 g/mol. The van der Waals surface area contributed by atoms with Gasteiger partial charge in [-0.2, -0.15) is 4.98 Å². The number of benzene rings is 3. The maximum absolute atomic E-state index is 14.8. The number of nitrogens with one attached hydrogen (secondary N) is 3. The summed E-state index contributed by atoms with van der Waals surface area (Å²) >= 11 is 0. The van der Waals surface area contributed by atoms with Crippen LogP contribution in [0, 0.1) is 22.5 Å². The van der Waals surface area contributed by atoms with E-state index < -0.39 is 37.5 Å². The topological polar surface area (TPSA) is 206 Å². The maximum Gasteiger partial charge on any atom is 0.297 e. The van der Waals surface area contributed by atoms with Crippen molar-refractivity contribution < 1.29 is 41.8 Å². The largest absolute Gasteiger partial charge is 0.489 e. The van der Waals surface area contributed by atoms with Gasteiger partial charge in [-0.15, -0.1) is 0 Å². The van der Waals surface area contributed by atoms with E-state index in [1.165, 1.54) is 17.2 Å². The van der Waals surface area contributed by atoms with E-state index >= 15 is 0 Å². The fraction of sp³-hybridized carbons (Fsp3) is 0.490. The van der Waals surface area contributed by atoms with Crippen molar-refractivity contribution >= 4 is 55.4 Å². The predicted molar refractivity (Wildman–Crippen MR) is 265 cm³/mol. The van der Waals surface area contributed by atoms with Crippen molar-refractivity contribution in [3.63, 3.8) is 0 Å². The fourth-order valence-electron chi connectivity index (χ4n) is 12.2. The quantitative estimate of drug-likeness (QED) is 0.110. The average molecular weight is 990 g/mol. The first-order valence-electron chi connectivity index (χ1n) is 24.9. The number of carbonyl (C=O) groups excluding carboxylic acids is 1. The Kier molecular flexibility index (Phi) is 12.0. The van der Waals surface area contributed by atoms with Crippen LogP contribution in [0.25, 0.3) is 11.0 Å². The Balaban J connectivity index is 0.835. The van der Waals surface area contributed by atoms with Gasteiger partial charge in [0, 0.05) is 81.3 Å². The normalized spacial score (nSPS) is 24.7. The molecule has 1 saturated carbocycles. The Morgan fingerprint density at radius 3 is 2.54 bits per heavy atom. The minimum absolute atomic E-state index is 0.0163. The third-order valence-corrected chi connectivity index (χ3v) is 17.3. The van der Waals surface area contributed by atoms with Crippen LogP contribution in [0.15, 0.2) is 77.8 Å². The van der Waals surface area contributed by atoms with Crippen LogP contribution in [0.5, 0.6) is 11.6 Å². The number of sulfonamides is 1. The molecule has 1 spiro atoms. The highest BCUT2D eigenvalue weighted by Crippen LogP contribution is 2.54. The summed E-state index contributed by atoms with van der Waals surface area (Å²) in [4.78, 5) is 43.5. The van der Waals surface area contributed by atoms with E-state index in [0.717, 1.165) is 82.2 Å². The summed E-state index contributed by atoms with van der Waals surface area (Å²) in [6, 6.07) is 20.5. The summed E-state index contributed by atoms with van der Waals surface area (Å²) < 4.78 is 60.9. The molecule has 5 aromatic rings. The first-order chi connectivity index (χ1) is 34.5. The molecule has 2 aromatic heterocycles. The number of H-pyrrole nitrogens is 1. The lowest BCUT2D eigenvalue weighted by Gasteiger charge is -2.57. The molecule has 7 aliphatic rings. The molecule has 19 nitrogen and oxygen atoms in total. The molecule has 4 atom stereocenters. The van der Waals surface area contributed by atoms with E-state index in [-0.39, 0.29) is 47.1 Å². The average Bonchev–Trinajstić information content (AvgIpc) is 3.84. The van der Waals surface area contributed by atoms with Gasteiger partial charge in [-0.25, -0.2) is 13.1 Å². The predicted octanol–water partition coefficient (Wildman–Crippen LogP) is 5.91. The van der Waals surface area contributed by atoms with Gasteiger partial charge in [0.05, 0.1) is 72.2 Å². The van der Waals surface area contributed by atoms with E-state index in [1.54, 1.807) is 12.3 Å². The number of anilines is 4. The fourth-order valence-corrected chi connectivity index (χ4v) is 13.2. The van der Waals surface area contributed by atoms with E-state index in [1.807, 2.05) is 24.3 Å². The van der Waals surface area contributed by atoms with Gasteiger partial charge in [-0.3, -0.25) is 24.7 Å². The number of nitro groups is 1. The number of aromatic nitrogens is 2. The van der Waals surface area contributed by atoms with Gasteiger partial charge >= 0.3 is 0 Å². The first-order valence-corrected chi connectivity index (χ1v) is 26.4. The number of carbonyl (C=O) groups is 1. The van der Waals surface area contributed by atoms with Crippen molar-refractivity contribution in [2.45, 2.75) is 74.2 Å². The number of nitro benzene ring substituents is 1. The molecule has 6 aliphatic heterocycles. The summed E-state index contributed by atoms with van der Waals surface area (Å²) in [6.45, 7) is 10.3. The van der Waals surface area contributed by atoms with Crippen LogP contribution in [-0.2, 0) is 24.2 Å². The number of piperidine rings is 1. The minimum atomic E-state index is -4.69. The Labute approximate surface area is 411 Å². The van der Waals surface area contributed by atoms with E-state index in [4.69, 9.17) is 28.7 Å². The molecule has 3 aromatic carbocycles. The summed E-state index contributed by atoms with van der Waals surface area (Å²) in [6.07, 6.45) is 6.28. The number of hydrogen-bond donors (Lipinski definition) is 3. The van der Waals surface area contributed by atoms with Gasteiger partial charge in [0.2, 0.25) is 5.88 Å². The van der Waals surface area contributed by atoms with Gasteiger partial charge in [0.25, 0.3) is 21.6 Å². The third-order valence-electron chi connectivity index (χ3n) is 16.0. The van der Waals surface area contributed by atoms with Crippen LogP contribution in [0.4, 0.5) is 28.4 Å². The minimum Gasteiger partial charge on any atom is -0.489 e. The Bertz CT molecular complexity index is 2970. The molecule has 374 valence electrons. The number of aryl methyl sites for hydroxylation is 1. The molecule has 0 radical (unpaired) electrons. The number of fused-ring (bicyclic) bond motifs is 4. The standard InChI is InChI=1S/C51H59N9O10S/c1-32-4-2-3-5-38(32)44-30-68-21-17-58(44)36-26-51(27-36)10-13-57(14-11-51)35-6-7-39(41(23-35)59-40-9-18-67-31-46(40)70-50-43(59)22-33-8-12-52-48(33)54-50)49(61)55-71(64,65)37-24-42(60(62)63)47-45(25-37)69-29-34(53-47)28-56-15-19-66-20-16-56/h2-8,12,22-25,34,36,40,44,46,53H,9-11,13-21,26-31H2,1H3,(H,52,54)(H,55,61)/t34-,40-,44-,46-/m0/s1. The molecule has 4 saturated heterocycles. The molecule has 12 rings (SSSR count). The Hall–Kier alpha value is -6.03. The van der Waals surface area contributed by atoms with E-state index in [2.05, 4.69) is 65.8 Å². The van der Waals surface area contributed by atoms with Gasteiger partial charge in [-0.1, -0.05) is 24.3 Å². The first kappa shape index (κ1) is 46.1. The Morgan fingerprint density at radius 1 is 0.915 bits per heavy atom. The highest BCUT2D eigenvalue weighted by Gasteiger charge is 2.50. The molecule has 1 aliphatic carbocycles. The molecule has 8 heterocycles. The van der Waals surface area contributed by atoms with Gasteiger partial charge in [0.1, 0.15) is 24.0 Å². The number of aromatic amines is 1. The number of ether oxygens (including phenoxy) is 5. The summed E-state index contributed by atoms with van der Waals surface area (Å²) in [5.74, 6) is -0.514. The molecule has 71 heavy (non-hydrogen) atoms. The summed E-state index contributed by atoms with van der Waals surface area (Å²) in [5, 5.41) is 16.6. The SMILES string of the molecule is Cc1ccccc1[C@@H]1COCCN1C1CC2(CCN(c3ccc(C(=O)NS(=O)(=O)c4cc5c(c([N+](=O)[O-])c4)N[C@@H](CN4CCOCC4)CO5)c(N4c5cc6cc[nH]c6nc5O[C@H]5COCC[C@@H]54)c3)CC2)C1. The highest BCUT2D eigenvalue weighted by atomic mass is 32.2. The zero-order chi connectivity index (χ0) is 48.4. The molecule has 0 unspecified atom stereocenters. The second-order valence-corrected chi connectivity index (χ2v) is 21.9. The lowest BCUT2D eigenvalue weighted by atomic mass is 9.59. The van der Waals surface area contributed by atoms with Crippen LogP contribution >= 0.6 is 0 Å². The van der Waals surface area contributed by atoms with E-state index in [0.29, 0.717) is 74.9 Å². The second-order valence-electron chi connectivity index (χ2n) is 20.2. The molecular weight excluding hydrogens is 931 g/mol. The molecule has 1 amide bonds. The highest BCUT2D eigenvalue weighted by molar-refractivity contribution is 7.90. The number of amides is 1. The lowest BCUT2D eigenvalue weighted by Crippen LogP contribution is -2.58. The van der Waals surface area contributed by atoms with Crippen LogP contribution in [0.2, 0.25) is 0 Å². The van der Waals surface area contributed by atoms with Crippen molar-refractivity contribution in [3.05, 3.63) is 99.7 Å². The zero-order valence-corrected chi connectivity index (χ0v) is 40.5. The summed E-state index contributed by atoms with van der Waals surface area (Å²) in [7, 11) is -4.69. The van der Waals surface area contributed by atoms with Crippen LogP contribution in [0.3, 0.4) is 0 Å². The number of hydrogen-bond acceptors (Lipinski definition) is 16. The molecule has 20 heteroatoms. The van der Waals surface area contributed by atoms with Crippen LogP contribution in [-0.4, -0.2) is 149 Å². The molecule has 5 fully saturated rings. The number of morpholine rings is 2. The van der Waals surface area contributed by atoms with Crippen molar-refractivity contribution in [2.24, 2.45) is 5.41 Å². The smallest absolute Gasteiger partial charge is 0.297 e. The maximum atomic E-state index is 14.8. The van der Waals surface area contributed by atoms with Gasteiger partial charge in [0.15, 0.2) is 11.4 Å². The number of pyridine rings is 1. The lowest BCUT2D eigenvalue weighted by molar-refractivity contribution is -0.384. The Morgan fingerprint density at radius 2 is 1.72 bits per heavy atom. The molecular formula is C51H59N9O10S. The molecule has 0 bridgehead atoms. The molecule has 3 N–H and O–H groups in total. The second kappa shape index (κ2) is 18.5. The number of rotatable bonds is 10. The van der Waals surface area contributed by atoms with Crippen molar-refractivity contribution in [2.75, 3.05) is 101 Å². The summed E-state index contributed by atoms with van der Waals surface area (Å²) in [5.41, 5.74) is 5.29. The van der Waals surface area contributed by atoms with Crippen molar-refractivity contribution in [3.8, 4) is 11.6 Å². The number of nitrogens with zero attached hydrogens (tertiary/aromatic N) is 6. The van der Waals surface area contributed by atoms with Crippen molar-refractivity contribution in [1.29, 1.82) is 0 Å². The van der Waals surface area contributed by atoms with E-state index in [9.17, 15) is 23.3 Å². The van der Waals surface area contributed by atoms with Gasteiger partial charge < -0.3 is 43.8 Å².